The summed E-state index contributed by atoms with van der Waals surface area (Å²) < 4.78 is 0. The van der Waals surface area contributed by atoms with Crippen LogP contribution in [0, 0.1) is 11.5 Å². The maximum atomic E-state index is 8.57. The summed E-state index contributed by atoms with van der Waals surface area (Å²) in [5, 5.41) is 14.3. The minimum atomic E-state index is -0.0813. The van der Waals surface area contributed by atoms with E-state index in [1.54, 1.807) is 12.3 Å². The highest BCUT2D eigenvalue weighted by atomic mass is 15.1. The van der Waals surface area contributed by atoms with Gasteiger partial charge in [0.25, 0.3) is 0 Å². The predicted molar refractivity (Wildman–Crippen MR) is 77.0 cm³/mol. The molecule has 0 saturated heterocycles. The van der Waals surface area contributed by atoms with Crippen LogP contribution in [0.25, 0.3) is 0 Å². The highest BCUT2D eigenvalue weighted by Crippen LogP contribution is 2.22. The van der Waals surface area contributed by atoms with Gasteiger partial charge in [0.2, 0.25) is 0 Å². The van der Waals surface area contributed by atoms with Crippen LogP contribution in [-0.4, -0.2) is 21.5 Å². The Kier molecular flexibility index (Phi) is 4.11. The lowest BCUT2D eigenvalue weighted by molar-refractivity contribution is 0.554. The van der Waals surface area contributed by atoms with Crippen LogP contribution in [0.4, 0.5) is 11.6 Å². The second-order valence-corrected chi connectivity index (χ2v) is 5.00. The molecule has 0 aliphatic rings. The van der Waals surface area contributed by atoms with Crippen LogP contribution in [0.2, 0.25) is 0 Å². The van der Waals surface area contributed by atoms with E-state index in [2.05, 4.69) is 45.5 Å². The number of nitrogens with one attached hydrogen (secondary N) is 2. The van der Waals surface area contributed by atoms with Gasteiger partial charge in [0.05, 0.1) is 0 Å². The number of nitrogens with zero attached hydrogens (tertiary/aromatic N) is 4. The van der Waals surface area contributed by atoms with E-state index in [0.29, 0.717) is 18.2 Å². The van der Waals surface area contributed by atoms with E-state index in [1.165, 1.54) is 6.33 Å². The predicted octanol–water partition coefficient (Wildman–Crippen LogP) is 2.15. The van der Waals surface area contributed by atoms with Crippen LogP contribution in [0.3, 0.4) is 0 Å². The summed E-state index contributed by atoms with van der Waals surface area (Å²) in [6, 6.07) is 5.68. The van der Waals surface area contributed by atoms with Gasteiger partial charge < -0.3 is 5.32 Å². The fourth-order valence-corrected chi connectivity index (χ4v) is 1.76. The molecule has 102 valence electrons. The summed E-state index contributed by atoms with van der Waals surface area (Å²) in [6.45, 7) is 4.96. The van der Waals surface area contributed by atoms with Gasteiger partial charge in [-0.15, -0.1) is 0 Å². The topological polar surface area (TPSA) is 86.5 Å². The van der Waals surface area contributed by atoms with Gasteiger partial charge in [0.1, 0.15) is 18.0 Å². The molecule has 0 bridgehead atoms. The quantitative estimate of drug-likeness (QED) is 0.638. The lowest BCUT2D eigenvalue weighted by Crippen LogP contribution is -2.28. The molecule has 20 heavy (non-hydrogen) atoms. The average Bonchev–Trinajstić information content (AvgIpc) is 2.47. The number of hydrogen-bond donors (Lipinski definition) is 2. The minimum absolute atomic E-state index is 0.0813. The van der Waals surface area contributed by atoms with Crippen LogP contribution < -0.4 is 10.6 Å². The lowest BCUT2D eigenvalue weighted by Gasteiger charge is -2.25. The van der Waals surface area contributed by atoms with Gasteiger partial charge >= 0.3 is 0 Å². The zero-order valence-electron chi connectivity index (χ0n) is 11.5. The minimum Gasteiger partial charge on any atom is -0.369 e. The van der Waals surface area contributed by atoms with Crippen molar-refractivity contribution < 1.29 is 0 Å². The Balaban J connectivity index is 2.05. The molecule has 0 fully saturated rings. The van der Waals surface area contributed by atoms with Crippen molar-refractivity contribution in [3.8, 4) is 6.19 Å². The molecule has 0 spiro atoms. The molecule has 0 aliphatic heterocycles. The number of aromatic nitrogens is 3. The van der Waals surface area contributed by atoms with Crippen LogP contribution in [0.5, 0.6) is 0 Å². The molecule has 0 atom stereocenters. The van der Waals surface area contributed by atoms with Gasteiger partial charge in [-0.2, -0.15) is 5.26 Å². The molecule has 0 amide bonds. The molecular weight excluding hydrogens is 252 g/mol. The number of nitriles is 1. The summed E-state index contributed by atoms with van der Waals surface area (Å²) >= 11 is 0. The Hall–Kier alpha value is -2.68. The van der Waals surface area contributed by atoms with Gasteiger partial charge in [-0.1, -0.05) is 19.9 Å². The molecule has 0 aromatic carbocycles. The lowest BCUT2D eigenvalue weighted by atomic mass is 9.86. The molecule has 2 aromatic rings. The average molecular weight is 268 g/mol. The van der Waals surface area contributed by atoms with Crippen LogP contribution >= 0.6 is 0 Å². The third kappa shape index (κ3) is 3.42. The summed E-state index contributed by atoms with van der Waals surface area (Å²) in [7, 11) is 0. The highest BCUT2D eigenvalue weighted by molar-refractivity contribution is 5.48. The number of rotatable bonds is 5. The monoisotopic (exact) mass is 268 g/mol. The Bertz CT molecular complexity index is 603. The fourth-order valence-electron chi connectivity index (χ4n) is 1.76. The summed E-state index contributed by atoms with van der Waals surface area (Å²) in [4.78, 5) is 12.2. The first kappa shape index (κ1) is 13.7. The second-order valence-electron chi connectivity index (χ2n) is 5.00. The third-order valence-electron chi connectivity index (χ3n) is 3.01. The van der Waals surface area contributed by atoms with Gasteiger partial charge in [-0.05, 0) is 11.6 Å². The van der Waals surface area contributed by atoms with Crippen molar-refractivity contribution in [1.82, 2.24) is 15.0 Å². The SMILES string of the molecule is CC(C)(CNc1cc(NC#N)ncn1)c1cccnc1. The summed E-state index contributed by atoms with van der Waals surface area (Å²) in [6.07, 6.45) is 6.88. The maximum absolute atomic E-state index is 8.57. The Morgan fingerprint density at radius 1 is 1.30 bits per heavy atom. The molecular formula is C14H16N6. The Morgan fingerprint density at radius 3 is 2.80 bits per heavy atom. The third-order valence-corrected chi connectivity index (χ3v) is 3.01. The van der Waals surface area contributed by atoms with Crippen molar-refractivity contribution in [3.63, 3.8) is 0 Å². The first-order valence-corrected chi connectivity index (χ1v) is 6.23. The standard InChI is InChI=1S/C14H16N6/c1-14(2,11-4-3-5-16-7-11)8-17-12-6-13(18-9-15)20-10-19-12/h3-7,10H,8H2,1-2H3,(H2,17,18,19,20). The van der Waals surface area contributed by atoms with Crippen LogP contribution in [0.1, 0.15) is 19.4 Å². The van der Waals surface area contributed by atoms with E-state index in [9.17, 15) is 0 Å². The first-order valence-electron chi connectivity index (χ1n) is 6.23. The second kappa shape index (κ2) is 5.97. The van der Waals surface area contributed by atoms with Gasteiger partial charge in [-0.25, -0.2) is 9.97 Å². The van der Waals surface area contributed by atoms with Crippen molar-refractivity contribution in [2.75, 3.05) is 17.2 Å². The van der Waals surface area contributed by atoms with E-state index >= 15 is 0 Å². The molecule has 6 nitrogen and oxygen atoms in total. The van der Waals surface area contributed by atoms with E-state index in [4.69, 9.17) is 5.26 Å². The van der Waals surface area contributed by atoms with Crippen molar-refractivity contribution >= 4 is 11.6 Å². The molecule has 2 N–H and O–H groups in total. The molecule has 6 heteroatoms. The summed E-state index contributed by atoms with van der Waals surface area (Å²) in [5.74, 6) is 1.15. The van der Waals surface area contributed by atoms with Gasteiger partial charge in [0, 0.05) is 30.4 Å². The van der Waals surface area contributed by atoms with E-state index in [0.717, 1.165) is 5.56 Å². The fraction of sp³-hybridized carbons (Fsp3) is 0.286. The molecule has 0 aliphatic carbocycles. The van der Waals surface area contributed by atoms with Crippen molar-refractivity contribution in [3.05, 3.63) is 42.5 Å². The van der Waals surface area contributed by atoms with Crippen molar-refractivity contribution in [1.29, 1.82) is 5.26 Å². The molecule has 0 unspecified atom stereocenters. The van der Waals surface area contributed by atoms with Crippen LogP contribution in [0.15, 0.2) is 36.9 Å². The molecule has 0 radical (unpaired) electrons. The van der Waals surface area contributed by atoms with Gasteiger partial charge in [-0.3, -0.25) is 10.3 Å². The van der Waals surface area contributed by atoms with E-state index < -0.39 is 0 Å². The zero-order valence-corrected chi connectivity index (χ0v) is 11.5. The molecule has 2 aromatic heterocycles. The largest absolute Gasteiger partial charge is 0.369 e. The summed E-state index contributed by atoms with van der Waals surface area (Å²) in [5.41, 5.74) is 1.07. The van der Waals surface area contributed by atoms with Crippen molar-refractivity contribution in [2.45, 2.75) is 19.3 Å². The number of pyridine rings is 1. The zero-order chi connectivity index (χ0) is 14.4. The molecule has 0 saturated carbocycles. The van der Waals surface area contributed by atoms with Gasteiger partial charge in [0.15, 0.2) is 6.19 Å². The number of hydrogen-bond acceptors (Lipinski definition) is 6. The normalized spacial score (nSPS) is 10.7. The van der Waals surface area contributed by atoms with E-state index in [1.807, 2.05) is 18.5 Å². The first-order chi connectivity index (χ1) is 9.62. The van der Waals surface area contributed by atoms with E-state index in [-0.39, 0.29) is 5.41 Å². The Morgan fingerprint density at radius 2 is 2.10 bits per heavy atom. The van der Waals surface area contributed by atoms with Crippen molar-refractivity contribution in [2.24, 2.45) is 0 Å². The smallest absolute Gasteiger partial charge is 0.182 e. The Labute approximate surface area is 117 Å². The van der Waals surface area contributed by atoms with Crippen LogP contribution in [-0.2, 0) is 5.41 Å². The molecule has 2 rings (SSSR count). The molecule has 2 heterocycles. The highest BCUT2D eigenvalue weighted by Gasteiger charge is 2.20. The maximum Gasteiger partial charge on any atom is 0.182 e. The number of anilines is 2.